The van der Waals surface area contributed by atoms with Crippen molar-refractivity contribution >= 4 is 5.78 Å². The average molecular weight is 240 g/mol. The van der Waals surface area contributed by atoms with Crippen molar-refractivity contribution in [2.45, 2.75) is 34.6 Å². The van der Waals surface area contributed by atoms with Crippen molar-refractivity contribution in [1.29, 1.82) is 0 Å². The molecule has 0 aromatic heterocycles. The molecular weight excluding hydrogens is 212 g/mol. The van der Waals surface area contributed by atoms with Gasteiger partial charge in [-0.3, -0.25) is 9.69 Å². The van der Waals surface area contributed by atoms with Gasteiger partial charge in [-0.2, -0.15) is 0 Å². The van der Waals surface area contributed by atoms with Crippen molar-refractivity contribution in [3.05, 3.63) is 0 Å². The molecule has 3 heteroatoms. The van der Waals surface area contributed by atoms with E-state index >= 15 is 0 Å². The molecule has 1 aliphatic rings. The second-order valence-electron chi connectivity index (χ2n) is 7.04. The van der Waals surface area contributed by atoms with Crippen molar-refractivity contribution in [2.24, 2.45) is 10.8 Å². The quantitative estimate of drug-likeness (QED) is 0.752. The summed E-state index contributed by atoms with van der Waals surface area (Å²) in [7, 11) is 2.16. The molecule has 1 heterocycles. The van der Waals surface area contributed by atoms with Crippen LogP contribution in [0.3, 0.4) is 0 Å². The van der Waals surface area contributed by atoms with Crippen LogP contribution >= 0.6 is 0 Å². The number of Topliss-reactive ketones (excluding diaryl/α,β-unsaturated/α-hetero) is 1. The molecule has 1 aliphatic heterocycles. The van der Waals surface area contributed by atoms with Crippen molar-refractivity contribution in [3.63, 3.8) is 0 Å². The van der Waals surface area contributed by atoms with Crippen LogP contribution in [0.5, 0.6) is 0 Å². The zero-order chi connectivity index (χ0) is 13.3. The smallest absolute Gasteiger partial charge is 0.145 e. The zero-order valence-corrected chi connectivity index (χ0v) is 12.3. The van der Waals surface area contributed by atoms with Gasteiger partial charge in [0.25, 0.3) is 0 Å². The molecule has 1 fully saturated rings. The maximum atomic E-state index is 12.4. The van der Waals surface area contributed by atoms with Crippen LogP contribution in [-0.4, -0.2) is 55.4 Å². The number of rotatable bonds is 3. The van der Waals surface area contributed by atoms with Crippen LogP contribution in [0.4, 0.5) is 0 Å². The van der Waals surface area contributed by atoms with E-state index in [1.165, 1.54) is 0 Å². The fourth-order valence-corrected chi connectivity index (χ4v) is 2.65. The van der Waals surface area contributed by atoms with Gasteiger partial charge < -0.3 is 4.90 Å². The molecule has 0 aromatic rings. The molecule has 0 radical (unpaired) electrons. The van der Waals surface area contributed by atoms with Crippen LogP contribution in [0.25, 0.3) is 0 Å². The Hall–Kier alpha value is -0.410. The van der Waals surface area contributed by atoms with E-state index in [2.05, 4.69) is 30.7 Å². The van der Waals surface area contributed by atoms with Gasteiger partial charge in [-0.15, -0.1) is 0 Å². The summed E-state index contributed by atoms with van der Waals surface area (Å²) in [6.45, 7) is 15.5. The molecule has 0 atom stereocenters. The predicted molar refractivity (Wildman–Crippen MR) is 72.2 cm³/mol. The number of carbonyl (C=O) groups is 1. The predicted octanol–water partition coefficient (Wildman–Crippen LogP) is 1.88. The van der Waals surface area contributed by atoms with E-state index in [4.69, 9.17) is 0 Å². The summed E-state index contributed by atoms with van der Waals surface area (Å²) in [5.41, 5.74) is -0.482. The Morgan fingerprint density at radius 2 is 1.47 bits per heavy atom. The summed E-state index contributed by atoms with van der Waals surface area (Å²) in [4.78, 5) is 17.1. The van der Waals surface area contributed by atoms with Gasteiger partial charge in [-0.05, 0) is 7.05 Å². The lowest BCUT2D eigenvalue weighted by Gasteiger charge is -2.39. The number of hydrogen-bond donors (Lipinski definition) is 0. The molecule has 0 aromatic carbocycles. The second-order valence-corrected chi connectivity index (χ2v) is 7.04. The summed E-state index contributed by atoms with van der Waals surface area (Å²) in [5.74, 6) is 0.365. The molecule has 17 heavy (non-hydrogen) atoms. The summed E-state index contributed by atoms with van der Waals surface area (Å²) in [6.07, 6.45) is 0. The van der Waals surface area contributed by atoms with Crippen LogP contribution in [0.1, 0.15) is 34.6 Å². The lowest BCUT2D eigenvalue weighted by molar-refractivity contribution is -0.136. The Labute approximate surface area is 106 Å². The van der Waals surface area contributed by atoms with Gasteiger partial charge >= 0.3 is 0 Å². The van der Waals surface area contributed by atoms with Gasteiger partial charge in [-0.25, -0.2) is 0 Å². The molecule has 0 aliphatic carbocycles. The number of carbonyl (C=O) groups excluding carboxylic acids is 1. The maximum Gasteiger partial charge on any atom is 0.145 e. The van der Waals surface area contributed by atoms with Gasteiger partial charge in [0.2, 0.25) is 0 Å². The molecule has 100 valence electrons. The number of likely N-dealkylation sites (N-methyl/N-ethyl adjacent to an activating group) is 1. The van der Waals surface area contributed by atoms with E-state index in [-0.39, 0.29) is 10.8 Å². The second kappa shape index (κ2) is 5.07. The Bertz CT molecular complexity index is 270. The van der Waals surface area contributed by atoms with E-state index in [1.807, 2.05) is 20.8 Å². The summed E-state index contributed by atoms with van der Waals surface area (Å²) >= 11 is 0. The average Bonchev–Trinajstić information content (AvgIpc) is 2.19. The van der Waals surface area contributed by atoms with Gasteiger partial charge in [-0.1, -0.05) is 34.6 Å². The first-order valence-corrected chi connectivity index (χ1v) is 6.59. The van der Waals surface area contributed by atoms with E-state index in [0.29, 0.717) is 5.78 Å². The molecule has 1 rings (SSSR count). The van der Waals surface area contributed by atoms with Gasteiger partial charge in [0, 0.05) is 43.6 Å². The van der Waals surface area contributed by atoms with E-state index in [0.717, 1.165) is 32.7 Å². The molecule has 0 spiro atoms. The highest BCUT2D eigenvalue weighted by Crippen LogP contribution is 2.30. The maximum absolute atomic E-state index is 12.4. The summed E-state index contributed by atoms with van der Waals surface area (Å²) in [5, 5.41) is 0. The minimum Gasteiger partial charge on any atom is -0.304 e. The van der Waals surface area contributed by atoms with Crippen molar-refractivity contribution in [2.75, 3.05) is 39.8 Å². The van der Waals surface area contributed by atoms with Gasteiger partial charge in [0.15, 0.2) is 0 Å². The molecule has 0 amide bonds. The van der Waals surface area contributed by atoms with Crippen LogP contribution in [0, 0.1) is 10.8 Å². The lowest BCUT2D eigenvalue weighted by Crippen LogP contribution is -2.50. The Morgan fingerprint density at radius 1 is 1.00 bits per heavy atom. The number of piperazine rings is 1. The van der Waals surface area contributed by atoms with Crippen LogP contribution in [0.15, 0.2) is 0 Å². The first kappa shape index (κ1) is 14.7. The normalized spacial score (nSPS) is 20.6. The van der Waals surface area contributed by atoms with Crippen molar-refractivity contribution in [3.8, 4) is 0 Å². The van der Waals surface area contributed by atoms with Crippen LogP contribution < -0.4 is 0 Å². The summed E-state index contributed by atoms with van der Waals surface area (Å²) in [6, 6.07) is 0. The molecular formula is C14H28N2O. The van der Waals surface area contributed by atoms with Crippen molar-refractivity contribution in [1.82, 2.24) is 9.80 Å². The van der Waals surface area contributed by atoms with Crippen LogP contribution in [-0.2, 0) is 4.79 Å². The Kier molecular flexibility index (Phi) is 4.37. The third-order valence-corrected chi connectivity index (χ3v) is 3.51. The minimum absolute atomic E-state index is 0.240. The van der Waals surface area contributed by atoms with Gasteiger partial charge in [0.05, 0.1) is 0 Å². The van der Waals surface area contributed by atoms with E-state index < -0.39 is 0 Å². The molecule has 0 bridgehead atoms. The largest absolute Gasteiger partial charge is 0.304 e. The van der Waals surface area contributed by atoms with E-state index in [1.54, 1.807) is 0 Å². The lowest BCUT2D eigenvalue weighted by atomic mass is 9.74. The number of nitrogens with zero attached hydrogens (tertiary/aromatic N) is 2. The fraction of sp³-hybridized carbons (Fsp3) is 0.929. The molecule has 1 saturated heterocycles. The number of hydrogen-bond acceptors (Lipinski definition) is 3. The van der Waals surface area contributed by atoms with Crippen molar-refractivity contribution < 1.29 is 4.79 Å². The van der Waals surface area contributed by atoms with Gasteiger partial charge in [0.1, 0.15) is 5.78 Å². The van der Waals surface area contributed by atoms with Crippen LogP contribution in [0.2, 0.25) is 0 Å². The fourth-order valence-electron chi connectivity index (χ4n) is 2.65. The highest BCUT2D eigenvalue weighted by Gasteiger charge is 2.37. The molecule has 0 unspecified atom stereocenters. The van der Waals surface area contributed by atoms with E-state index in [9.17, 15) is 4.79 Å². The SMILES string of the molecule is CN1CCN(CC(C)(C)C(=O)C(C)(C)C)CC1. The summed E-state index contributed by atoms with van der Waals surface area (Å²) < 4.78 is 0. The monoisotopic (exact) mass is 240 g/mol. The first-order chi connectivity index (χ1) is 7.63. The highest BCUT2D eigenvalue weighted by atomic mass is 16.1. The zero-order valence-electron chi connectivity index (χ0n) is 12.3. The Morgan fingerprint density at radius 3 is 1.88 bits per heavy atom. The first-order valence-electron chi connectivity index (χ1n) is 6.59. The third-order valence-electron chi connectivity index (χ3n) is 3.51. The Balaban J connectivity index is 2.57. The minimum atomic E-state index is -0.242. The highest BCUT2D eigenvalue weighted by molar-refractivity contribution is 5.88. The molecule has 0 N–H and O–H groups in total. The topological polar surface area (TPSA) is 23.6 Å². The third kappa shape index (κ3) is 4.07. The molecule has 0 saturated carbocycles. The standard InChI is InChI=1S/C14H28N2O/c1-13(2,3)12(17)14(4,5)11-16-9-7-15(6)8-10-16/h7-11H2,1-6H3. The molecule has 3 nitrogen and oxygen atoms in total. The number of ketones is 1.